The zero-order valence-electron chi connectivity index (χ0n) is 10.7. The first-order valence-corrected chi connectivity index (χ1v) is 5.96. The van der Waals surface area contributed by atoms with Crippen LogP contribution in [0.3, 0.4) is 0 Å². The zero-order chi connectivity index (χ0) is 14.1. The second-order valence-corrected chi connectivity index (χ2v) is 4.28. The van der Waals surface area contributed by atoms with Crippen molar-refractivity contribution in [1.82, 2.24) is 5.16 Å². The molecule has 0 aliphatic rings. The monoisotopic (exact) mass is 269 g/mol. The quantitative estimate of drug-likeness (QED) is 0.790. The summed E-state index contributed by atoms with van der Waals surface area (Å²) in [7, 11) is 1.58. The molecule has 0 radical (unpaired) electrons. The predicted molar refractivity (Wildman–Crippen MR) is 73.0 cm³/mol. The molecular formula is C15H11NO4. The van der Waals surface area contributed by atoms with Crippen molar-refractivity contribution in [2.45, 2.75) is 0 Å². The zero-order valence-corrected chi connectivity index (χ0v) is 10.7. The van der Waals surface area contributed by atoms with Gasteiger partial charge in [-0.3, -0.25) is 0 Å². The number of aromatic carboxylic acids is 1. The molecule has 0 saturated heterocycles. The van der Waals surface area contributed by atoms with Crippen LogP contribution in [0.25, 0.3) is 22.2 Å². The lowest BCUT2D eigenvalue weighted by molar-refractivity contribution is 0.0697. The van der Waals surface area contributed by atoms with E-state index < -0.39 is 5.97 Å². The van der Waals surface area contributed by atoms with E-state index in [9.17, 15) is 4.79 Å². The van der Waals surface area contributed by atoms with Gasteiger partial charge in [0.25, 0.3) is 0 Å². The molecule has 0 spiro atoms. The number of nitrogens with zero attached hydrogens (tertiary/aromatic N) is 1. The minimum atomic E-state index is -0.975. The minimum absolute atomic E-state index is 0.210. The molecular weight excluding hydrogens is 258 g/mol. The van der Waals surface area contributed by atoms with E-state index in [1.165, 1.54) is 6.07 Å². The number of hydrogen-bond acceptors (Lipinski definition) is 4. The van der Waals surface area contributed by atoms with Crippen LogP contribution >= 0.6 is 0 Å². The number of carboxylic acids is 1. The number of aromatic nitrogens is 1. The third-order valence-electron chi connectivity index (χ3n) is 3.06. The molecule has 5 nitrogen and oxygen atoms in total. The maximum Gasteiger partial charge on any atom is 0.335 e. The molecule has 0 saturated carbocycles. The Hall–Kier alpha value is -2.82. The topological polar surface area (TPSA) is 72.6 Å². The van der Waals surface area contributed by atoms with Crippen molar-refractivity contribution < 1.29 is 19.2 Å². The minimum Gasteiger partial charge on any atom is -0.497 e. The summed E-state index contributed by atoms with van der Waals surface area (Å²) < 4.78 is 10.4. The number of methoxy groups -OCH3 is 1. The second kappa shape index (κ2) is 4.70. The maximum atomic E-state index is 11.0. The maximum absolute atomic E-state index is 11.0. The van der Waals surface area contributed by atoms with Gasteiger partial charge in [-0.05, 0) is 30.3 Å². The Morgan fingerprint density at radius 2 is 2.10 bits per heavy atom. The van der Waals surface area contributed by atoms with Gasteiger partial charge in [0.1, 0.15) is 11.4 Å². The molecule has 3 rings (SSSR count). The summed E-state index contributed by atoms with van der Waals surface area (Å²) in [6.45, 7) is 0. The summed E-state index contributed by atoms with van der Waals surface area (Å²) in [6, 6.07) is 11.9. The van der Waals surface area contributed by atoms with Gasteiger partial charge in [0.05, 0.1) is 18.1 Å². The first-order valence-electron chi connectivity index (χ1n) is 5.96. The fraction of sp³-hybridized carbons (Fsp3) is 0.0667. The van der Waals surface area contributed by atoms with Crippen molar-refractivity contribution in [3.05, 3.63) is 48.0 Å². The second-order valence-electron chi connectivity index (χ2n) is 4.28. The largest absolute Gasteiger partial charge is 0.497 e. The van der Waals surface area contributed by atoms with Gasteiger partial charge < -0.3 is 14.4 Å². The molecule has 1 heterocycles. The average molecular weight is 269 g/mol. The predicted octanol–water partition coefficient (Wildman–Crippen LogP) is 3.20. The molecule has 2 aromatic carbocycles. The van der Waals surface area contributed by atoms with Gasteiger partial charge in [-0.2, -0.15) is 0 Å². The highest BCUT2D eigenvalue weighted by molar-refractivity contribution is 5.95. The number of benzene rings is 2. The van der Waals surface area contributed by atoms with Gasteiger partial charge in [0, 0.05) is 5.56 Å². The van der Waals surface area contributed by atoms with E-state index in [-0.39, 0.29) is 5.56 Å². The molecule has 0 bridgehead atoms. The van der Waals surface area contributed by atoms with Crippen LogP contribution in [0.5, 0.6) is 5.75 Å². The van der Waals surface area contributed by atoms with Gasteiger partial charge in [-0.1, -0.05) is 17.3 Å². The van der Waals surface area contributed by atoms with E-state index in [1.54, 1.807) is 37.4 Å². The summed E-state index contributed by atoms with van der Waals surface area (Å²) in [4.78, 5) is 11.0. The highest BCUT2D eigenvalue weighted by Crippen LogP contribution is 2.31. The Kier molecular flexibility index (Phi) is 2.87. The van der Waals surface area contributed by atoms with Gasteiger partial charge >= 0.3 is 5.97 Å². The lowest BCUT2D eigenvalue weighted by Crippen LogP contribution is -1.95. The van der Waals surface area contributed by atoms with Crippen molar-refractivity contribution in [1.29, 1.82) is 0 Å². The van der Waals surface area contributed by atoms with E-state index in [0.29, 0.717) is 22.6 Å². The van der Waals surface area contributed by atoms with Crippen LogP contribution in [0.15, 0.2) is 47.0 Å². The van der Waals surface area contributed by atoms with Crippen molar-refractivity contribution in [3.8, 4) is 17.0 Å². The Bertz CT molecular complexity index is 791. The highest BCUT2D eigenvalue weighted by atomic mass is 16.5. The summed E-state index contributed by atoms with van der Waals surface area (Å²) >= 11 is 0. The van der Waals surface area contributed by atoms with Gasteiger partial charge in [0.2, 0.25) is 0 Å². The Balaban J connectivity index is 2.18. The Labute approximate surface area is 114 Å². The molecule has 0 aliphatic heterocycles. The van der Waals surface area contributed by atoms with E-state index in [4.69, 9.17) is 14.4 Å². The van der Waals surface area contributed by atoms with Crippen LogP contribution in [-0.2, 0) is 0 Å². The molecule has 0 unspecified atom stereocenters. The lowest BCUT2D eigenvalue weighted by atomic mass is 10.1. The fourth-order valence-electron chi connectivity index (χ4n) is 2.05. The number of hydrogen-bond donors (Lipinski definition) is 1. The first kappa shape index (κ1) is 12.2. The summed E-state index contributed by atoms with van der Waals surface area (Å²) in [5.74, 6) is -0.284. The van der Waals surface area contributed by atoms with E-state index >= 15 is 0 Å². The number of fused-ring (bicyclic) bond motifs is 1. The molecule has 3 aromatic rings. The molecule has 0 amide bonds. The van der Waals surface area contributed by atoms with Crippen molar-refractivity contribution in [2.24, 2.45) is 0 Å². The molecule has 1 aromatic heterocycles. The molecule has 1 N–H and O–H groups in total. The van der Waals surface area contributed by atoms with Crippen molar-refractivity contribution in [2.75, 3.05) is 7.11 Å². The third-order valence-corrected chi connectivity index (χ3v) is 3.06. The fourth-order valence-corrected chi connectivity index (χ4v) is 2.05. The van der Waals surface area contributed by atoms with E-state index in [2.05, 4.69) is 5.16 Å². The lowest BCUT2D eigenvalue weighted by Gasteiger charge is -2.01. The standard InChI is InChI=1S/C15H11NO4/c1-19-11-5-6-13-12(8-11)14(16-20-13)9-3-2-4-10(7-9)15(17)18/h2-8H,1H3,(H,17,18). The van der Waals surface area contributed by atoms with Gasteiger partial charge in [-0.15, -0.1) is 0 Å². The molecule has 5 heteroatoms. The van der Waals surface area contributed by atoms with Crippen LogP contribution in [0.1, 0.15) is 10.4 Å². The smallest absolute Gasteiger partial charge is 0.335 e. The SMILES string of the molecule is COc1ccc2onc(-c3cccc(C(=O)O)c3)c2c1. The van der Waals surface area contributed by atoms with Crippen LogP contribution < -0.4 is 4.74 Å². The summed E-state index contributed by atoms with van der Waals surface area (Å²) in [5.41, 5.74) is 2.13. The summed E-state index contributed by atoms with van der Waals surface area (Å²) in [6.07, 6.45) is 0. The van der Waals surface area contributed by atoms with Crippen molar-refractivity contribution >= 4 is 16.9 Å². The molecule has 0 atom stereocenters. The van der Waals surface area contributed by atoms with Gasteiger partial charge in [0.15, 0.2) is 5.58 Å². The molecule has 0 aliphatic carbocycles. The van der Waals surface area contributed by atoms with Crippen LogP contribution in [0.2, 0.25) is 0 Å². The molecule has 20 heavy (non-hydrogen) atoms. The van der Waals surface area contributed by atoms with Crippen LogP contribution in [0, 0.1) is 0 Å². The number of carbonyl (C=O) groups is 1. The highest BCUT2D eigenvalue weighted by Gasteiger charge is 2.13. The third kappa shape index (κ3) is 1.99. The Morgan fingerprint density at radius 1 is 1.25 bits per heavy atom. The Morgan fingerprint density at radius 3 is 2.85 bits per heavy atom. The van der Waals surface area contributed by atoms with Crippen LogP contribution in [0.4, 0.5) is 0 Å². The summed E-state index contributed by atoms with van der Waals surface area (Å²) in [5, 5.41) is 13.8. The number of carboxylic acid groups (broad SMARTS) is 1. The normalized spacial score (nSPS) is 10.7. The van der Waals surface area contributed by atoms with E-state index in [1.807, 2.05) is 6.07 Å². The molecule has 0 fully saturated rings. The van der Waals surface area contributed by atoms with Crippen molar-refractivity contribution in [3.63, 3.8) is 0 Å². The van der Waals surface area contributed by atoms with Crippen LogP contribution in [-0.4, -0.2) is 23.3 Å². The van der Waals surface area contributed by atoms with Gasteiger partial charge in [-0.25, -0.2) is 4.79 Å². The number of rotatable bonds is 3. The average Bonchev–Trinajstić information content (AvgIpc) is 2.90. The number of ether oxygens (including phenoxy) is 1. The van der Waals surface area contributed by atoms with E-state index in [0.717, 1.165) is 5.39 Å². The molecule has 100 valence electrons. The first-order chi connectivity index (χ1) is 9.69.